The number of aliphatic imine (C=N–C) groups is 1. The molecule has 2 fully saturated rings. The standard InChI is InChI=1S/C22H35N5O.HI/c1-4-26-13-8-11-20(26)15-23-22(24-16-21(28)25(2)3)27-14-12-19(17-27)18-9-6-5-7-10-18;/h5-7,9-10,19-20H,4,8,11-17H2,1-3H3,(H,23,24);1H. The highest BCUT2D eigenvalue weighted by atomic mass is 127. The molecule has 0 bridgehead atoms. The normalized spacial score (nSPS) is 22.4. The summed E-state index contributed by atoms with van der Waals surface area (Å²) in [6.07, 6.45) is 3.62. The van der Waals surface area contributed by atoms with Crippen LogP contribution in [0.15, 0.2) is 35.3 Å². The number of carbonyl (C=O) groups excluding carboxylic acids is 1. The number of likely N-dealkylation sites (tertiary alicyclic amines) is 2. The predicted molar refractivity (Wildman–Crippen MR) is 130 cm³/mol. The maximum Gasteiger partial charge on any atom is 0.243 e. The lowest BCUT2D eigenvalue weighted by atomic mass is 9.99. The second-order valence-corrected chi connectivity index (χ2v) is 8.08. The van der Waals surface area contributed by atoms with Crippen LogP contribution in [0.5, 0.6) is 0 Å². The second kappa shape index (κ2) is 11.7. The third-order valence-electron chi connectivity index (χ3n) is 6.02. The third-order valence-corrected chi connectivity index (χ3v) is 6.02. The van der Waals surface area contributed by atoms with Crippen molar-refractivity contribution in [3.63, 3.8) is 0 Å². The van der Waals surface area contributed by atoms with E-state index in [9.17, 15) is 4.79 Å². The van der Waals surface area contributed by atoms with Gasteiger partial charge in [-0.3, -0.25) is 9.69 Å². The van der Waals surface area contributed by atoms with Crippen molar-refractivity contribution in [2.45, 2.75) is 38.1 Å². The van der Waals surface area contributed by atoms with Crippen LogP contribution in [-0.4, -0.2) is 86.0 Å². The van der Waals surface area contributed by atoms with Crippen molar-refractivity contribution >= 4 is 35.8 Å². The summed E-state index contributed by atoms with van der Waals surface area (Å²) in [7, 11) is 3.56. The molecule has 3 rings (SSSR count). The Labute approximate surface area is 192 Å². The number of benzene rings is 1. The van der Waals surface area contributed by atoms with Gasteiger partial charge in [0.1, 0.15) is 6.54 Å². The van der Waals surface area contributed by atoms with Gasteiger partial charge in [-0.05, 0) is 37.9 Å². The molecular weight excluding hydrogens is 477 g/mol. The molecule has 0 radical (unpaired) electrons. The number of rotatable bonds is 6. The summed E-state index contributed by atoms with van der Waals surface area (Å²) in [5.74, 6) is 1.45. The summed E-state index contributed by atoms with van der Waals surface area (Å²) in [5.41, 5.74) is 1.39. The highest BCUT2D eigenvalue weighted by molar-refractivity contribution is 14.0. The van der Waals surface area contributed by atoms with Crippen LogP contribution in [-0.2, 0) is 4.79 Å². The number of nitrogens with zero attached hydrogens (tertiary/aromatic N) is 4. The van der Waals surface area contributed by atoms with Gasteiger partial charge in [0.05, 0.1) is 0 Å². The van der Waals surface area contributed by atoms with Crippen molar-refractivity contribution in [2.75, 3.05) is 53.4 Å². The van der Waals surface area contributed by atoms with Crippen LogP contribution in [0.3, 0.4) is 0 Å². The average Bonchev–Trinajstić information content (AvgIpc) is 3.37. The Balaban J connectivity index is 0.00000300. The van der Waals surface area contributed by atoms with Crippen LogP contribution >= 0.6 is 24.0 Å². The largest absolute Gasteiger partial charge is 0.355 e. The molecule has 2 unspecified atom stereocenters. The van der Waals surface area contributed by atoms with Gasteiger partial charge in [0, 0.05) is 45.7 Å². The summed E-state index contributed by atoms with van der Waals surface area (Å²) in [6, 6.07) is 11.3. The van der Waals surface area contributed by atoms with Gasteiger partial charge in [-0.25, -0.2) is 4.99 Å². The molecule has 0 aliphatic carbocycles. The molecule has 2 saturated heterocycles. The minimum atomic E-state index is 0. The second-order valence-electron chi connectivity index (χ2n) is 8.08. The Morgan fingerprint density at radius 1 is 1.21 bits per heavy atom. The van der Waals surface area contributed by atoms with Gasteiger partial charge in [0.15, 0.2) is 5.96 Å². The molecule has 1 amide bonds. The monoisotopic (exact) mass is 513 g/mol. The fourth-order valence-electron chi connectivity index (χ4n) is 4.25. The first-order valence-electron chi connectivity index (χ1n) is 10.6. The Bertz CT molecular complexity index is 666. The van der Waals surface area contributed by atoms with Crippen LogP contribution in [0.2, 0.25) is 0 Å². The van der Waals surface area contributed by atoms with Gasteiger partial charge in [-0.15, -0.1) is 24.0 Å². The Morgan fingerprint density at radius 3 is 2.66 bits per heavy atom. The SMILES string of the molecule is CCN1CCCC1CNC(=NCC(=O)N(C)C)N1CCC(c2ccccc2)C1.I. The van der Waals surface area contributed by atoms with Crippen molar-refractivity contribution in [2.24, 2.45) is 4.99 Å². The lowest BCUT2D eigenvalue weighted by molar-refractivity contribution is -0.127. The number of halogens is 1. The van der Waals surface area contributed by atoms with E-state index >= 15 is 0 Å². The van der Waals surface area contributed by atoms with E-state index in [1.165, 1.54) is 24.9 Å². The first kappa shape index (κ1) is 23.9. The van der Waals surface area contributed by atoms with E-state index in [-0.39, 0.29) is 36.4 Å². The molecule has 0 aromatic heterocycles. The molecule has 6 nitrogen and oxygen atoms in total. The quantitative estimate of drug-likeness (QED) is 0.361. The van der Waals surface area contributed by atoms with Gasteiger partial charge in [-0.2, -0.15) is 0 Å². The third kappa shape index (κ3) is 6.57. The van der Waals surface area contributed by atoms with Crippen molar-refractivity contribution in [1.82, 2.24) is 20.0 Å². The number of carbonyl (C=O) groups is 1. The molecule has 0 spiro atoms. The maximum atomic E-state index is 12.1. The van der Waals surface area contributed by atoms with Crippen LogP contribution in [0, 0.1) is 0 Å². The summed E-state index contributed by atoms with van der Waals surface area (Å²) in [5, 5.41) is 3.60. The molecule has 7 heteroatoms. The molecule has 162 valence electrons. The highest BCUT2D eigenvalue weighted by Gasteiger charge is 2.28. The summed E-state index contributed by atoms with van der Waals surface area (Å²) >= 11 is 0. The predicted octanol–water partition coefficient (Wildman–Crippen LogP) is 2.61. The van der Waals surface area contributed by atoms with Crippen LogP contribution in [0.1, 0.15) is 37.7 Å². The number of amides is 1. The first-order chi connectivity index (χ1) is 13.6. The number of hydrogen-bond donors (Lipinski definition) is 1. The lowest BCUT2D eigenvalue weighted by Gasteiger charge is -2.27. The van der Waals surface area contributed by atoms with Crippen molar-refractivity contribution in [3.05, 3.63) is 35.9 Å². The van der Waals surface area contributed by atoms with Crippen molar-refractivity contribution < 1.29 is 4.79 Å². The van der Waals surface area contributed by atoms with Crippen LogP contribution in [0.4, 0.5) is 0 Å². The molecule has 2 heterocycles. The fraction of sp³-hybridized carbons (Fsp3) is 0.636. The van der Waals surface area contributed by atoms with E-state index in [4.69, 9.17) is 0 Å². The number of guanidine groups is 1. The van der Waals surface area contributed by atoms with E-state index in [2.05, 4.69) is 57.4 Å². The van der Waals surface area contributed by atoms with Gasteiger partial charge in [0.2, 0.25) is 5.91 Å². The minimum absolute atomic E-state index is 0. The van der Waals surface area contributed by atoms with Crippen LogP contribution in [0.25, 0.3) is 0 Å². The van der Waals surface area contributed by atoms with E-state index in [0.29, 0.717) is 12.0 Å². The van der Waals surface area contributed by atoms with Gasteiger partial charge < -0.3 is 15.1 Å². The molecule has 2 atom stereocenters. The molecule has 1 N–H and O–H groups in total. The first-order valence-corrected chi connectivity index (χ1v) is 10.6. The summed E-state index contributed by atoms with van der Waals surface area (Å²) < 4.78 is 0. The zero-order valence-corrected chi connectivity index (χ0v) is 20.3. The lowest BCUT2D eigenvalue weighted by Crippen LogP contribution is -2.46. The smallest absolute Gasteiger partial charge is 0.243 e. The molecule has 0 saturated carbocycles. The molecule has 29 heavy (non-hydrogen) atoms. The van der Waals surface area contributed by atoms with Gasteiger partial charge in [0.25, 0.3) is 0 Å². The minimum Gasteiger partial charge on any atom is -0.355 e. The number of nitrogens with one attached hydrogen (secondary N) is 1. The van der Waals surface area contributed by atoms with E-state index in [1.54, 1.807) is 19.0 Å². The molecule has 1 aromatic rings. The van der Waals surface area contributed by atoms with Gasteiger partial charge in [-0.1, -0.05) is 37.3 Å². The summed E-state index contributed by atoms with van der Waals surface area (Å²) in [6.45, 7) is 7.54. The van der Waals surface area contributed by atoms with Gasteiger partial charge >= 0.3 is 0 Å². The topological polar surface area (TPSA) is 51.2 Å². The molecule has 2 aliphatic rings. The highest BCUT2D eigenvalue weighted by Crippen LogP contribution is 2.27. The number of likely N-dealkylation sites (N-methyl/N-ethyl adjacent to an activating group) is 2. The molecule has 2 aliphatic heterocycles. The van der Waals surface area contributed by atoms with Crippen molar-refractivity contribution in [3.8, 4) is 0 Å². The Kier molecular flexibility index (Phi) is 9.68. The van der Waals surface area contributed by atoms with E-state index in [0.717, 1.165) is 38.6 Å². The maximum absolute atomic E-state index is 12.1. The summed E-state index contributed by atoms with van der Waals surface area (Å²) in [4.78, 5) is 23.2. The Morgan fingerprint density at radius 2 is 1.97 bits per heavy atom. The zero-order valence-electron chi connectivity index (χ0n) is 18.0. The van der Waals surface area contributed by atoms with Crippen molar-refractivity contribution in [1.29, 1.82) is 0 Å². The Hall–Kier alpha value is -1.35. The molecule has 1 aromatic carbocycles. The van der Waals surface area contributed by atoms with E-state index in [1.807, 2.05) is 0 Å². The fourth-order valence-corrected chi connectivity index (χ4v) is 4.25. The average molecular weight is 513 g/mol. The van der Waals surface area contributed by atoms with E-state index < -0.39 is 0 Å². The molecular formula is C22H36IN5O. The zero-order chi connectivity index (χ0) is 19.9. The number of hydrogen-bond acceptors (Lipinski definition) is 3. The van der Waals surface area contributed by atoms with Crippen LogP contribution < -0.4 is 5.32 Å².